The van der Waals surface area contributed by atoms with Crippen LogP contribution < -0.4 is 10.1 Å². The molecule has 140 valence electrons. The van der Waals surface area contributed by atoms with Gasteiger partial charge in [-0.05, 0) is 49.2 Å². The number of nitrogens with one attached hydrogen (secondary N) is 1. The third-order valence-corrected chi connectivity index (χ3v) is 3.91. The van der Waals surface area contributed by atoms with Crippen LogP contribution in [0.3, 0.4) is 0 Å². The van der Waals surface area contributed by atoms with Gasteiger partial charge in [0.15, 0.2) is 0 Å². The number of aryl methyl sites for hydroxylation is 1. The second-order valence-electron chi connectivity index (χ2n) is 5.84. The molecule has 0 aliphatic heterocycles. The molecule has 1 N–H and O–H groups in total. The molecule has 1 amide bonds. The third kappa shape index (κ3) is 5.13. The van der Waals surface area contributed by atoms with Crippen LogP contribution in [0.2, 0.25) is 0 Å². The van der Waals surface area contributed by atoms with Gasteiger partial charge in [-0.2, -0.15) is 4.98 Å². The Morgan fingerprint density at radius 1 is 1.19 bits per heavy atom. The second-order valence-corrected chi connectivity index (χ2v) is 5.84. The van der Waals surface area contributed by atoms with Crippen LogP contribution >= 0.6 is 0 Å². The topological polar surface area (TPSA) is 77.3 Å². The van der Waals surface area contributed by atoms with E-state index < -0.39 is 0 Å². The Kier molecular flexibility index (Phi) is 6.14. The largest absolute Gasteiger partial charge is 0.494 e. The molecule has 27 heavy (non-hydrogen) atoms. The van der Waals surface area contributed by atoms with E-state index in [4.69, 9.17) is 9.26 Å². The van der Waals surface area contributed by atoms with E-state index in [9.17, 15) is 9.18 Å². The third-order valence-electron chi connectivity index (χ3n) is 3.91. The van der Waals surface area contributed by atoms with Crippen LogP contribution in [0.1, 0.15) is 24.8 Å². The minimum Gasteiger partial charge on any atom is -0.494 e. The van der Waals surface area contributed by atoms with Gasteiger partial charge in [0, 0.05) is 12.0 Å². The molecule has 3 rings (SSSR count). The summed E-state index contributed by atoms with van der Waals surface area (Å²) >= 11 is 0. The van der Waals surface area contributed by atoms with Gasteiger partial charge in [-0.15, -0.1) is 0 Å². The van der Waals surface area contributed by atoms with Gasteiger partial charge in [0.2, 0.25) is 17.6 Å². The molecule has 0 saturated carbocycles. The molecule has 0 spiro atoms. The van der Waals surface area contributed by atoms with Crippen molar-refractivity contribution in [3.8, 4) is 17.1 Å². The predicted octanol–water partition coefficient (Wildman–Crippen LogP) is 3.52. The molecule has 0 bridgehead atoms. The number of nitrogens with zero attached hydrogens (tertiary/aromatic N) is 2. The summed E-state index contributed by atoms with van der Waals surface area (Å²) in [7, 11) is 0. The number of hydrogen-bond acceptors (Lipinski definition) is 5. The van der Waals surface area contributed by atoms with Gasteiger partial charge in [-0.3, -0.25) is 4.79 Å². The maximum atomic E-state index is 13.5. The maximum Gasteiger partial charge on any atom is 0.246 e. The molecule has 2 aromatic carbocycles. The molecule has 0 atom stereocenters. The van der Waals surface area contributed by atoms with Crippen molar-refractivity contribution in [1.29, 1.82) is 0 Å². The lowest BCUT2D eigenvalue weighted by atomic mass is 10.1. The molecule has 1 aromatic heterocycles. The fraction of sp³-hybridized carbons (Fsp3) is 0.250. The summed E-state index contributed by atoms with van der Waals surface area (Å²) in [5, 5.41) is 6.62. The summed E-state index contributed by atoms with van der Waals surface area (Å²) in [6.07, 6.45) is 0.514. The zero-order valence-electron chi connectivity index (χ0n) is 14.9. The van der Waals surface area contributed by atoms with Crippen LogP contribution in [0.4, 0.5) is 4.39 Å². The van der Waals surface area contributed by atoms with Crippen LogP contribution in [-0.2, 0) is 17.8 Å². The van der Waals surface area contributed by atoms with Crippen molar-refractivity contribution in [3.05, 3.63) is 65.8 Å². The highest BCUT2D eigenvalue weighted by molar-refractivity contribution is 5.76. The van der Waals surface area contributed by atoms with Gasteiger partial charge in [-0.1, -0.05) is 23.4 Å². The van der Waals surface area contributed by atoms with Crippen LogP contribution in [0.5, 0.6) is 5.75 Å². The molecule has 1 heterocycles. The second kappa shape index (κ2) is 8.93. The molecule has 0 fully saturated rings. The Balaban J connectivity index is 1.50. The maximum absolute atomic E-state index is 13.5. The first kappa shape index (κ1) is 18.6. The Morgan fingerprint density at radius 3 is 2.70 bits per heavy atom. The van der Waals surface area contributed by atoms with Gasteiger partial charge in [0.05, 0.1) is 13.2 Å². The lowest BCUT2D eigenvalue weighted by molar-refractivity contribution is -0.121. The fourth-order valence-corrected chi connectivity index (χ4v) is 2.52. The monoisotopic (exact) mass is 369 g/mol. The lowest BCUT2D eigenvalue weighted by Gasteiger charge is -2.03. The highest BCUT2D eigenvalue weighted by atomic mass is 19.1. The van der Waals surface area contributed by atoms with Crippen molar-refractivity contribution in [1.82, 2.24) is 15.5 Å². The van der Waals surface area contributed by atoms with E-state index in [2.05, 4.69) is 15.5 Å². The Labute approximate surface area is 156 Å². The predicted molar refractivity (Wildman–Crippen MR) is 97.5 cm³/mol. The van der Waals surface area contributed by atoms with Crippen molar-refractivity contribution in [2.75, 3.05) is 6.61 Å². The van der Waals surface area contributed by atoms with Crippen molar-refractivity contribution < 1.29 is 18.4 Å². The first-order valence-electron chi connectivity index (χ1n) is 8.71. The molecule has 0 saturated heterocycles. The minimum absolute atomic E-state index is 0.125. The molecule has 0 aliphatic carbocycles. The Morgan fingerprint density at radius 2 is 1.96 bits per heavy atom. The number of amides is 1. The smallest absolute Gasteiger partial charge is 0.246 e. The summed E-state index contributed by atoms with van der Waals surface area (Å²) in [5.41, 5.74) is 1.31. The van der Waals surface area contributed by atoms with E-state index in [1.165, 1.54) is 6.07 Å². The van der Waals surface area contributed by atoms with E-state index >= 15 is 0 Å². The van der Waals surface area contributed by atoms with Gasteiger partial charge < -0.3 is 14.6 Å². The SMILES string of the molecule is CCOc1ccc(-c2noc(CNC(=O)CCc3ccccc3F)n2)cc1. The summed E-state index contributed by atoms with van der Waals surface area (Å²) < 4.78 is 24.1. The van der Waals surface area contributed by atoms with Crippen LogP contribution in [0, 0.1) is 5.82 Å². The summed E-state index contributed by atoms with van der Waals surface area (Å²) in [6, 6.07) is 13.8. The standard InChI is InChI=1S/C20H20FN3O3/c1-2-26-16-10-7-15(8-11-16)20-23-19(27-24-20)13-22-18(25)12-9-14-5-3-4-6-17(14)21/h3-8,10-11H,2,9,12-13H2,1H3,(H,22,25). The number of carbonyl (C=O) groups is 1. The van der Waals surface area contributed by atoms with Crippen LogP contribution in [-0.4, -0.2) is 22.7 Å². The van der Waals surface area contributed by atoms with Gasteiger partial charge in [0.25, 0.3) is 0 Å². The fourth-order valence-electron chi connectivity index (χ4n) is 2.52. The average molecular weight is 369 g/mol. The average Bonchev–Trinajstić information content (AvgIpc) is 3.16. The molecular formula is C20H20FN3O3. The minimum atomic E-state index is -0.304. The van der Waals surface area contributed by atoms with Crippen molar-refractivity contribution in [3.63, 3.8) is 0 Å². The molecule has 0 unspecified atom stereocenters. The number of ether oxygens (including phenoxy) is 1. The zero-order chi connectivity index (χ0) is 19.1. The molecule has 0 radical (unpaired) electrons. The summed E-state index contributed by atoms with van der Waals surface area (Å²) in [4.78, 5) is 16.2. The number of hydrogen-bond donors (Lipinski definition) is 1. The Hall–Kier alpha value is -3.22. The number of aromatic nitrogens is 2. The van der Waals surface area contributed by atoms with Crippen molar-refractivity contribution >= 4 is 5.91 Å². The number of carbonyl (C=O) groups excluding carboxylic acids is 1. The lowest BCUT2D eigenvalue weighted by Crippen LogP contribution is -2.23. The highest BCUT2D eigenvalue weighted by Crippen LogP contribution is 2.20. The first-order valence-corrected chi connectivity index (χ1v) is 8.71. The van der Waals surface area contributed by atoms with E-state index in [-0.39, 0.29) is 24.7 Å². The van der Waals surface area contributed by atoms with Crippen LogP contribution in [0.15, 0.2) is 53.1 Å². The van der Waals surface area contributed by atoms with E-state index in [0.29, 0.717) is 30.3 Å². The van der Waals surface area contributed by atoms with Crippen molar-refractivity contribution in [2.45, 2.75) is 26.3 Å². The summed E-state index contributed by atoms with van der Waals surface area (Å²) in [6.45, 7) is 2.65. The van der Waals surface area contributed by atoms with Gasteiger partial charge in [0.1, 0.15) is 11.6 Å². The van der Waals surface area contributed by atoms with Crippen molar-refractivity contribution in [2.24, 2.45) is 0 Å². The first-order chi connectivity index (χ1) is 13.2. The summed E-state index contributed by atoms with van der Waals surface area (Å²) in [5.74, 6) is 1.00. The molecule has 6 nitrogen and oxygen atoms in total. The molecule has 3 aromatic rings. The van der Waals surface area contributed by atoms with E-state index in [0.717, 1.165) is 11.3 Å². The number of halogens is 1. The number of rotatable bonds is 8. The van der Waals surface area contributed by atoms with E-state index in [1.807, 2.05) is 31.2 Å². The quantitative estimate of drug-likeness (QED) is 0.657. The Bertz CT molecular complexity index is 893. The van der Waals surface area contributed by atoms with Crippen LogP contribution in [0.25, 0.3) is 11.4 Å². The molecule has 7 heteroatoms. The molecule has 0 aliphatic rings. The van der Waals surface area contributed by atoms with Gasteiger partial charge >= 0.3 is 0 Å². The number of benzene rings is 2. The molecular weight excluding hydrogens is 349 g/mol. The van der Waals surface area contributed by atoms with E-state index in [1.54, 1.807) is 18.2 Å². The normalized spacial score (nSPS) is 10.6. The van der Waals surface area contributed by atoms with Gasteiger partial charge in [-0.25, -0.2) is 4.39 Å². The highest BCUT2D eigenvalue weighted by Gasteiger charge is 2.11. The zero-order valence-corrected chi connectivity index (χ0v) is 14.9.